The van der Waals surface area contributed by atoms with Crippen LogP contribution in [0, 0.1) is 0 Å². The van der Waals surface area contributed by atoms with E-state index in [2.05, 4.69) is 0 Å². The molecule has 1 atom stereocenters. The third-order valence-electron chi connectivity index (χ3n) is 5.89. The summed E-state index contributed by atoms with van der Waals surface area (Å²) in [5.41, 5.74) is 0.241. The summed E-state index contributed by atoms with van der Waals surface area (Å²) in [5, 5.41) is 15.5. The Bertz CT molecular complexity index is 1020. The molecule has 9 heteroatoms. The normalized spacial score (nSPS) is 21.3. The number of quaternary nitrogens is 1. The first kappa shape index (κ1) is 22.8. The number of benzene rings is 1. The number of methoxy groups -OCH3 is 1. The van der Waals surface area contributed by atoms with Gasteiger partial charge in [-0.05, 0) is 29.1 Å². The molecule has 1 amide bonds. The lowest BCUT2D eigenvalue weighted by molar-refractivity contribution is -0.908. The molecule has 3 heterocycles. The summed E-state index contributed by atoms with van der Waals surface area (Å²) < 4.78 is 10.5. The van der Waals surface area contributed by atoms with Crippen LogP contribution in [-0.2, 0) is 14.3 Å². The first-order valence-corrected chi connectivity index (χ1v) is 11.8. The lowest BCUT2D eigenvalue weighted by Crippen LogP contribution is -3.14. The van der Waals surface area contributed by atoms with Gasteiger partial charge in [0.25, 0.3) is 5.91 Å². The van der Waals surface area contributed by atoms with Crippen molar-refractivity contribution in [3.63, 3.8) is 0 Å². The molecule has 0 spiro atoms. The molecule has 1 aromatic carbocycles. The number of ketones is 1. The van der Waals surface area contributed by atoms with Crippen LogP contribution in [0.2, 0.25) is 5.02 Å². The summed E-state index contributed by atoms with van der Waals surface area (Å²) in [5.74, 6) is -1.40. The topological polar surface area (TPSA) is 83.3 Å². The highest BCUT2D eigenvalue weighted by molar-refractivity contribution is 7.10. The van der Waals surface area contributed by atoms with E-state index in [4.69, 9.17) is 21.1 Å². The third-order valence-corrected chi connectivity index (χ3v) is 7.11. The van der Waals surface area contributed by atoms with Gasteiger partial charge in [-0.1, -0.05) is 29.5 Å². The SMILES string of the molecule is COc1ccc(/C([O-])=C2\C(=O)C(=O)N(CCC[NH+]3CCOCC3)C2c2cccs2)cc1Cl. The molecule has 0 saturated carbocycles. The molecule has 0 bridgehead atoms. The second-order valence-corrected chi connectivity index (χ2v) is 9.19. The van der Waals surface area contributed by atoms with Crippen molar-refractivity contribution in [1.82, 2.24) is 4.90 Å². The number of likely N-dealkylation sites (tertiary alicyclic amines) is 1. The van der Waals surface area contributed by atoms with Gasteiger partial charge in [0.05, 0.1) is 37.9 Å². The zero-order chi connectivity index (χ0) is 22.7. The molecule has 170 valence electrons. The predicted octanol–water partition coefficient (Wildman–Crippen LogP) is 0.939. The van der Waals surface area contributed by atoms with E-state index in [0.717, 1.165) is 44.1 Å². The molecule has 1 aromatic heterocycles. The Morgan fingerprint density at radius 2 is 2.09 bits per heavy atom. The molecule has 2 aliphatic rings. The Labute approximate surface area is 195 Å². The highest BCUT2D eigenvalue weighted by atomic mass is 35.5. The van der Waals surface area contributed by atoms with Gasteiger partial charge in [0.1, 0.15) is 18.8 Å². The number of nitrogens with zero attached hydrogens (tertiary/aromatic N) is 1. The molecule has 2 aliphatic heterocycles. The number of hydrogen-bond donors (Lipinski definition) is 1. The van der Waals surface area contributed by atoms with Crippen LogP contribution >= 0.6 is 22.9 Å². The monoisotopic (exact) mass is 476 g/mol. The van der Waals surface area contributed by atoms with Gasteiger partial charge >= 0.3 is 0 Å². The molecule has 2 aromatic rings. The van der Waals surface area contributed by atoms with Gasteiger partial charge in [-0.15, -0.1) is 11.3 Å². The van der Waals surface area contributed by atoms with Crippen molar-refractivity contribution in [2.45, 2.75) is 12.5 Å². The number of morpholine rings is 1. The van der Waals surface area contributed by atoms with E-state index in [1.165, 1.54) is 29.4 Å². The fourth-order valence-corrected chi connectivity index (χ4v) is 5.32. The first-order valence-electron chi connectivity index (χ1n) is 10.6. The highest BCUT2D eigenvalue weighted by Crippen LogP contribution is 2.41. The summed E-state index contributed by atoms with van der Waals surface area (Å²) in [6.07, 6.45) is 0.742. The van der Waals surface area contributed by atoms with Crippen molar-refractivity contribution >= 4 is 40.4 Å². The smallest absolute Gasteiger partial charge is 0.295 e. The fourth-order valence-electron chi connectivity index (χ4n) is 4.22. The molecule has 4 rings (SSSR count). The van der Waals surface area contributed by atoms with Gasteiger partial charge in [-0.2, -0.15) is 0 Å². The van der Waals surface area contributed by atoms with E-state index < -0.39 is 23.5 Å². The Morgan fingerprint density at radius 1 is 1.31 bits per heavy atom. The summed E-state index contributed by atoms with van der Waals surface area (Å²) in [4.78, 5) is 29.7. The molecular weight excluding hydrogens is 452 g/mol. The van der Waals surface area contributed by atoms with Crippen molar-refractivity contribution in [2.24, 2.45) is 0 Å². The minimum absolute atomic E-state index is 0.0163. The molecule has 7 nitrogen and oxygen atoms in total. The summed E-state index contributed by atoms with van der Waals surface area (Å²) >= 11 is 7.62. The Hall–Kier alpha value is -2.39. The number of Topliss-reactive ketones (excluding diaryl/α,β-unsaturated/α-hetero) is 1. The average Bonchev–Trinajstić information content (AvgIpc) is 3.42. The van der Waals surface area contributed by atoms with Crippen molar-refractivity contribution in [2.75, 3.05) is 46.5 Å². The standard InChI is InChI=1S/C23H25ClN2O5S/c1-30-17-6-5-15(14-16(17)24)21(27)19-20(18-4-2-13-32-18)26(23(29)22(19)28)8-3-7-25-9-11-31-12-10-25/h2,4-6,13-14,20,27H,3,7-12H2,1H3/b21-19+. The number of amides is 1. The predicted molar refractivity (Wildman–Crippen MR) is 120 cm³/mol. The minimum Gasteiger partial charge on any atom is -0.872 e. The fraction of sp³-hybridized carbons (Fsp3) is 0.391. The second kappa shape index (κ2) is 10.0. The van der Waals surface area contributed by atoms with Crippen LogP contribution in [0.15, 0.2) is 41.3 Å². The van der Waals surface area contributed by atoms with E-state index in [0.29, 0.717) is 12.3 Å². The molecule has 1 N–H and O–H groups in total. The third kappa shape index (κ3) is 4.54. The molecule has 0 radical (unpaired) electrons. The van der Waals surface area contributed by atoms with Gasteiger partial charge in [0.15, 0.2) is 0 Å². The van der Waals surface area contributed by atoms with E-state index in [-0.39, 0.29) is 16.2 Å². The quantitative estimate of drug-likeness (QED) is 0.365. The van der Waals surface area contributed by atoms with Crippen LogP contribution in [-0.4, -0.2) is 63.1 Å². The first-order chi connectivity index (χ1) is 15.5. The molecule has 1 unspecified atom stereocenters. The maximum atomic E-state index is 13.4. The van der Waals surface area contributed by atoms with Gasteiger partial charge in [-0.25, -0.2) is 0 Å². The zero-order valence-corrected chi connectivity index (χ0v) is 19.3. The number of rotatable bonds is 7. The molecular formula is C23H25ClN2O5S. The molecule has 32 heavy (non-hydrogen) atoms. The number of carbonyl (C=O) groups is 2. The van der Waals surface area contributed by atoms with Crippen LogP contribution < -0.4 is 14.7 Å². The van der Waals surface area contributed by atoms with E-state index >= 15 is 0 Å². The number of halogens is 1. The maximum absolute atomic E-state index is 13.4. The number of hydrogen-bond acceptors (Lipinski definition) is 6. The second-order valence-electron chi connectivity index (χ2n) is 7.80. The highest BCUT2D eigenvalue weighted by Gasteiger charge is 2.44. The Kier molecular flexibility index (Phi) is 7.15. The molecule has 0 aliphatic carbocycles. The lowest BCUT2D eigenvalue weighted by atomic mass is 9.99. The summed E-state index contributed by atoms with van der Waals surface area (Å²) in [7, 11) is 1.49. The van der Waals surface area contributed by atoms with Crippen molar-refractivity contribution in [3.05, 3.63) is 56.7 Å². The van der Waals surface area contributed by atoms with E-state index in [1.807, 2.05) is 17.5 Å². The average molecular weight is 477 g/mol. The zero-order valence-electron chi connectivity index (χ0n) is 17.8. The summed E-state index contributed by atoms with van der Waals surface area (Å²) in [6.45, 7) is 4.66. The number of ether oxygens (including phenoxy) is 2. The van der Waals surface area contributed by atoms with Crippen LogP contribution in [0.25, 0.3) is 5.76 Å². The molecule has 2 saturated heterocycles. The number of nitrogens with one attached hydrogen (secondary N) is 1. The van der Waals surface area contributed by atoms with E-state index in [9.17, 15) is 14.7 Å². The van der Waals surface area contributed by atoms with Crippen molar-refractivity contribution in [3.8, 4) is 5.75 Å². The van der Waals surface area contributed by atoms with Crippen LogP contribution in [0.4, 0.5) is 0 Å². The Morgan fingerprint density at radius 3 is 2.75 bits per heavy atom. The van der Waals surface area contributed by atoms with Crippen LogP contribution in [0.3, 0.4) is 0 Å². The molecule has 2 fully saturated rings. The van der Waals surface area contributed by atoms with E-state index in [1.54, 1.807) is 17.0 Å². The maximum Gasteiger partial charge on any atom is 0.295 e. The van der Waals surface area contributed by atoms with Crippen LogP contribution in [0.5, 0.6) is 5.75 Å². The minimum atomic E-state index is -0.737. The van der Waals surface area contributed by atoms with Gasteiger partial charge < -0.3 is 24.4 Å². The van der Waals surface area contributed by atoms with Gasteiger partial charge in [-0.3, -0.25) is 9.59 Å². The lowest BCUT2D eigenvalue weighted by Gasteiger charge is -2.28. The largest absolute Gasteiger partial charge is 0.872 e. The number of thiophene rings is 1. The van der Waals surface area contributed by atoms with Crippen molar-refractivity contribution < 1.29 is 29.1 Å². The Balaban J connectivity index is 1.63. The van der Waals surface area contributed by atoms with Gasteiger partial charge in [0, 0.05) is 23.4 Å². The van der Waals surface area contributed by atoms with Gasteiger partial charge in [0.2, 0.25) is 5.78 Å². The van der Waals surface area contributed by atoms with Crippen molar-refractivity contribution in [1.29, 1.82) is 0 Å². The summed E-state index contributed by atoms with van der Waals surface area (Å²) in [6, 6.07) is 7.66. The van der Waals surface area contributed by atoms with Crippen LogP contribution in [0.1, 0.15) is 22.9 Å². The number of carbonyl (C=O) groups excluding carboxylic acids is 2.